The number of hydrogen-bond acceptors (Lipinski definition) is 3. The van der Waals surface area contributed by atoms with Crippen molar-refractivity contribution >= 4 is 32.6 Å². The van der Waals surface area contributed by atoms with Gasteiger partial charge in [0.1, 0.15) is 5.69 Å². The summed E-state index contributed by atoms with van der Waals surface area (Å²) in [6, 6.07) is 5.70. The molecule has 0 saturated carbocycles. The normalized spacial score (nSPS) is 12.1. The molecule has 0 saturated heterocycles. The molecule has 0 aliphatic carbocycles. The Kier molecular flexibility index (Phi) is 3.78. The van der Waals surface area contributed by atoms with Crippen molar-refractivity contribution in [2.24, 2.45) is 0 Å². The van der Waals surface area contributed by atoms with Gasteiger partial charge < -0.3 is 5.11 Å². The number of nitrogens with zero attached hydrogens (tertiary/aromatic N) is 2. The van der Waals surface area contributed by atoms with E-state index in [9.17, 15) is 9.90 Å². The molecule has 0 aliphatic rings. The molecule has 102 valence electrons. The number of ketones is 1. The molecule has 1 aromatic heterocycles. The molecule has 2 aromatic rings. The second-order valence-electron chi connectivity index (χ2n) is 5.26. The van der Waals surface area contributed by atoms with Crippen LogP contribution < -0.4 is 0 Å². The smallest absolute Gasteiger partial charge is 0.183 e. The van der Waals surface area contributed by atoms with Gasteiger partial charge in [0.15, 0.2) is 5.78 Å². The molecule has 0 amide bonds. The van der Waals surface area contributed by atoms with Crippen molar-refractivity contribution in [2.75, 3.05) is 0 Å². The molecule has 19 heavy (non-hydrogen) atoms. The molecule has 5 heteroatoms. The van der Waals surface area contributed by atoms with Gasteiger partial charge in [-0.15, -0.1) is 0 Å². The zero-order chi connectivity index (χ0) is 14.2. The molecular formula is C14H17BrN2O2. The van der Waals surface area contributed by atoms with Gasteiger partial charge >= 0.3 is 0 Å². The van der Waals surface area contributed by atoms with Gasteiger partial charge in [0.2, 0.25) is 0 Å². The molecule has 0 unspecified atom stereocenters. The fraction of sp³-hybridized carbons (Fsp3) is 0.429. The van der Waals surface area contributed by atoms with E-state index in [2.05, 4.69) is 21.0 Å². The summed E-state index contributed by atoms with van der Waals surface area (Å²) in [6.07, 6.45) is 0.421. The maximum atomic E-state index is 11.9. The van der Waals surface area contributed by atoms with Crippen LogP contribution in [0.3, 0.4) is 0 Å². The van der Waals surface area contributed by atoms with E-state index in [-0.39, 0.29) is 5.78 Å². The molecule has 2 rings (SSSR count). The highest BCUT2D eigenvalue weighted by atomic mass is 79.9. The number of aliphatic hydroxyl groups is 1. The SMILES string of the molecule is CCC(=O)c1nn(CC(C)(C)O)c2cc(Br)ccc12. The number of benzene rings is 1. The second-order valence-corrected chi connectivity index (χ2v) is 6.17. The van der Waals surface area contributed by atoms with E-state index in [0.717, 1.165) is 15.4 Å². The van der Waals surface area contributed by atoms with Crippen molar-refractivity contribution in [1.82, 2.24) is 9.78 Å². The zero-order valence-corrected chi connectivity index (χ0v) is 12.9. The van der Waals surface area contributed by atoms with Crippen LogP contribution in [0.25, 0.3) is 10.9 Å². The van der Waals surface area contributed by atoms with Crippen LogP contribution in [0.5, 0.6) is 0 Å². The van der Waals surface area contributed by atoms with Crippen LogP contribution in [-0.4, -0.2) is 26.3 Å². The first kappa shape index (κ1) is 14.2. The highest BCUT2D eigenvalue weighted by Gasteiger charge is 2.20. The highest BCUT2D eigenvalue weighted by molar-refractivity contribution is 9.10. The number of Topliss-reactive ketones (excluding diaryl/α,β-unsaturated/α-hetero) is 1. The molecule has 0 atom stereocenters. The third-order valence-electron chi connectivity index (χ3n) is 2.84. The van der Waals surface area contributed by atoms with E-state index < -0.39 is 5.60 Å². The molecule has 0 bridgehead atoms. The summed E-state index contributed by atoms with van der Waals surface area (Å²) >= 11 is 3.42. The lowest BCUT2D eigenvalue weighted by Gasteiger charge is -2.17. The van der Waals surface area contributed by atoms with E-state index >= 15 is 0 Å². The third kappa shape index (κ3) is 3.04. The van der Waals surface area contributed by atoms with E-state index in [1.54, 1.807) is 18.5 Å². The summed E-state index contributed by atoms with van der Waals surface area (Å²) in [6.45, 7) is 5.61. The Labute approximate surface area is 120 Å². The minimum atomic E-state index is -0.881. The van der Waals surface area contributed by atoms with Crippen LogP contribution in [0.4, 0.5) is 0 Å². The molecule has 0 aliphatic heterocycles. The minimum absolute atomic E-state index is 0.0156. The van der Waals surface area contributed by atoms with Gasteiger partial charge in [0.05, 0.1) is 17.7 Å². The van der Waals surface area contributed by atoms with Crippen molar-refractivity contribution < 1.29 is 9.90 Å². The van der Waals surface area contributed by atoms with Gasteiger partial charge in [-0.1, -0.05) is 22.9 Å². The van der Waals surface area contributed by atoms with Crippen LogP contribution in [0.1, 0.15) is 37.7 Å². The Morgan fingerprint density at radius 3 is 2.74 bits per heavy atom. The van der Waals surface area contributed by atoms with Gasteiger partial charge in [-0.05, 0) is 32.0 Å². The second kappa shape index (κ2) is 5.06. The fourth-order valence-corrected chi connectivity index (χ4v) is 2.36. The average molecular weight is 325 g/mol. The average Bonchev–Trinajstić information content (AvgIpc) is 2.64. The van der Waals surface area contributed by atoms with Crippen molar-refractivity contribution in [3.63, 3.8) is 0 Å². The summed E-state index contributed by atoms with van der Waals surface area (Å²) in [4.78, 5) is 11.9. The fourth-order valence-electron chi connectivity index (χ4n) is 2.01. The first-order valence-corrected chi connectivity index (χ1v) is 7.03. The summed E-state index contributed by atoms with van der Waals surface area (Å²) in [5.74, 6) is 0.0156. The maximum absolute atomic E-state index is 11.9. The quantitative estimate of drug-likeness (QED) is 0.879. The standard InChI is InChI=1S/C14H17BrN2O2/c1-4-12(18)13-10-6-5-9(15)7-11(10)17(16-13)8-14(2,3)19/h5-7,19H,4,8H2,1-3H3. The number of fused-ring (bicyclic) bond motifs is 1. The lowest BCUT2D eigenvalue weighted by atomic mass is 10.1. The monoisotopic (exact) mass is 324 g/mol. The Bertz CT molecular complexity index is 626. The predicted molar refractivity (Wildman–Crippen MR) is 78.4 cm³/mol. The lowest BCUT2D eigenvalue weighted by molar-refractivity contribution is 0.0588. The van der Waals surface area contributed by atoms with Crippen LogP contribution in [0, 0.1) is 0 Å². The number of halogens is 1. The predicted octanol–water partition coefficient (Wildman–Crippen LogP) is 3.16. The van der Waals surface area contributed by atoms with E-state index in [1.165, 1.54) is 0 Å². The van der Waals surface area contributed by atoms with Crippen LogP contribution in [0.2, 0.25) is 0 Å². The summed E-state index contributed by atoms with van der Waals surface area (Å²) in [5.41, 5.74) is 0.455. The highest BCUT2D eigenvalue weighted by Crippen LogP contribution is 2.25. The number of carbonyl (C=O) groups is 1. The van der Waals surface area contributed by atoms with E-state index in [0.29, 0.717) is 18.7 Å². The van der Waals surface area contributed by atoms with Crippen LogP contribution >= 0.6 is 15.9 Å². The van der Waals surface area contributed by atoms with Gasteiger partial charge in [-0.25, -0.2) is 0 Å². The van der Waals surface area contributed by atoms with Crippen molar-refractivity contribution in [3.8, 4) is 0 Å². The Hall–Kier alpha value is -1.20. The van der Waals surface area contributed by atoms with E-state index in [4.69, 9.17) is 0 Å². The Morgan fingerprint density at radius 2 is 2.16 bits per heavy atom. The maximum Gasteiger partial charge on any atom is 0.183 e. The number of hydrogen-bond donors (Lipinski definition) is 1. The molecular weight excluding hydrogens is 308 g/mol. The first-order chi connectivity index (χ1) is 8.81. The van der Waals surface area contributed by atoms with Gasteiger partial charge in [-0.3, -0.25) is 9.48 Å². The van der Waals surface area contributed by atoms with Crippen molar-refractivity contribution in [3.05, 3.63) is 28.4 Å². The molecule has 1 aromatic carbocycles. The molecule has 0 fully saturated rings. The summed E-state index contributed by atoms with van der Waals surface area (Å²) in [7, 11) is 0. The zero-order valence-electron chi connectivity index (χ0n) is 11.3. The number of aromatic nitrogens is 2. The first-order valence-electron chi connectivity index (χ1n) is 6.23. The molecule has 4 nitrogen and oxygen atoms in total. The molecule has 0 radical (unpaired) electrons. The third-order valence-corrected chi connectivity index (χ3v) is 3.33. The summed E-state index contributed by atoms with van der Waals surface area (Å²) in [5, 5.41) is 15.2. The molecule has 0 spiro atoms. The minimum Gasteiger partial charge on any atom is -0.389 e. The Morgan fingerprint density at radius 1 is 1.47 bits per heavy atom. The topological polar surface area (TPSA) is 55.1 Å². The van der Waals surface area contributed by atoms with Crippen molar-refractivity contribution in [1.29, 1.82) is 0 Å². The Balaban J connectivity index is 2.63. The van der Waals surface area contributed by atoms with Crippen molar-refractivity contribution in [2.45, 2.75) is 39.3 Å². The van der Waals surface area contributed by atoms with E-state index in [1.807, 2.05) is 25.1 Å². The largest absolute Gasteiger partial charge is 0.389 e. The molecule has 1 N–H and O–H groups in total. The van der Waals surface area contributed by atoms with Gasteiger partial charge in [0, 0.05) is 16.3 Å². The van der Waals surface area contributed by atoms with Crippen LogP contribution in [0.15, 0.2) is 22.7 Å². The molecule has 1 heterocycles. The number of carbonyl (C=O) groups excluding carboxylic acids is 1. The van der Waals surface area contributed by atoms with Gasteiger partial charge in [0.25, 0.3) is 0 Å². The van der Waals surface area contributed by atoms with Gasteiger partial charge in [-0.2, -0.15) is 5.10 Å². The lowest BCUT2D eigenvalue weighted by Crippen LogP contribution is -2.26. The summed E-state index contributed by atoms with van der Waals surface area (Å²) < 4.78 is 2.62. The van der Waals surface area contributed by atoms with Crippen LogP contribution in [-0.2, 0) is 6.54 Å². The number of rotatable bonds is 4.